The summed E-state index contributed by atoms with van der Waals surface area (Å²) in [6.45, 7) is 2.21. The predicted molar refractivity (Wildman–Crippen MR) is 41.6 cm³/mol. The number of nitrogens with one attached hydrogen (secondary N) is 1. The van der Waals surface area contributed by atoms with Crippen LogP contribution >= 0.6 is 0 Å². The molecule has 0 saturated carbocycles. The van der Waals surface area contributed by atoms with Crippen molar-refractivity contribution in [2.45, 2.75) is 0 Å². The van der Waals surface area contributed by atoms with E-state index in [4.69, 9.17) is 11.6 Å². The van der Waals surface area contributed by atoms with Gasteiger partial charge in [0.2, 0.25) is 0 Å². The molecule has 0 unspecified atom stereocenters. The van der Waals surface area contributed by atoms with Gasteiger partial charge in [-0.15, -0.1) is 0 Å². The third kappa shape index (κ3) is 4.66. The number of nitrogens with zero attached hydrogens (tertiary/aromatic N) is 2. The lowest BCUT2D eigenvalue weighted by molar-refractivity contribution is 0.176. The molecule has 0 spiro atoms. The third-order valence-corrected chi connectivity index (χ3v) is 1.22. The summed E-state index contributed by atoms with van der Waals surface area (Å²) in [6.07, 6.45) is 0. The molecule has 0 saturated heterocycles. The SMILES string of the molecule is CN(C)CCN(CN)NN. The summed E-state index contributed by atoms with van der Waals surface area (Å²) >= 11 is 0. The van der Waals surface area contributed by atoms with Crippen molar-refractivity contribution in [3.8, 4) is 0 Å². The van der Waals surface area contributed by atoms with E-state index in [0.29, 0.717) is 6.67 Å². The van der Waals surface area contributed by atoms with Gasteiger partial charge in [0.25, 0.3) is 0 Å². The van der Waals surface area contributed by atoms with Gasteiger partial charge in [-0.1, -0.05) is 0 Å². The summed E-state index contributed by atoms with van der Waals surface area (Å²) in [6, 6.07) is 0. The fourth-order valence-electron chi connectivity index (χ4n) is 0.529. The molecule has 5 nitrogen and oxygen atoms in total. The zero-order chi connectivity index (χ0) is 7.98. The zero-order valence-corrected chi connectivity index (χ0v) is 6.67. The van der Waals surface area contributed by atoms with Crippen LogP contribution in [-0.4, -0.2) is 43.8 Å². The summed E-state index contributed by atoms with van der Waals surface area (Å²) in [4.78, 5) is 2.07. The maximum absolute atomic E-state index is 5.33. The first-order valence-corrected chi connectivity index (χ1v) is 3.26. The summed E-state index contributed by atoms with van der Waals surface area (Å²) in [5.41, 5.74) is 7.82. The Bertz CT molecular complexity index is 70.4. The minimum Gasteiger partial charge on any atom is -0.317 e. The highest BCUT2D eigenvalue weighted by molar-refractivity contribution is 4.48. The Morgan fingerprint density at radius 2 is 1.90 bits per heavy atom. The van der Waals surface area contributed by atoms with E-state index in [9.17, 15) is 0 Å². The molecule has 0 bridgehead atoms. The van der Waals surface area contributed by atoms with Gasteiger partial charge < -0.3 is 10.6 Å². The minimum absolute atomic E-state index is 0.435. The Kier molecular flexibility index (Phi) is 5.46. The number of likely N-dealkylation sites (N-methyl/N-ethyl adjacent to an activating group) is 1. The fourth-order valence-corrected chi connectivity index (χ4v) is 0.529. The van der Waals surface area contributed by atoms with Gasteiger partial charge in [-0.25, -0.2) is 5.01 Å². The van der Waals surface area contributed by atoms with E-state index in [1.54, 1.807) is 5.01 Å². The molecule has 0 aliphatic rings. The van der Waals surface area contributed by atoms with Gasteiger partial charge in [0.05, 0.1) is 6.67 Å². The van der Waals surface area contributed by atoms with Crippen LogP contribution in [0, 0.1) is 0 Å². The van der Waals surface area contributed by atoms with Crippen LogP contribution in [0.1, 0.15) is 0 Å². The second kappa shape index (κ2) is 5.57. The highest BCUT2D eigenvalue weighted by Gasteiger charge is 1.97. The van der Waals surface area contributed by atoms with Gasteiger partial charge in [0, 0.05) is 13.1 Å². The molecule has 0 heterocycles. The molecule has 0 aromatic rings. The van der Waals surface area contributed by atoms with E-state index in [-0.39, 0.29) is 0 Å². The maximum atomic E-state index is 5.33. The van der Waals surface area contributed by atoms with E-state index >= 15 is 0 Å². The van der Waals surface area contributed by atoms with Crippen molar-refractivity contribution in [3.63, 3.8) is 0 Å². The molecule has 0 fully saturated rings. The van der Waals surface area contributed by atoms with Crippen LogP contribution in [0.5, 0.6) is 0 Å². The minimum atomic E-state index is 0.435. The third-order valence-electron chi connectivity index (χ3n) is 1.22. The molecule has 5 heteroatoms. The van der Waals surface area contributed by atoms with Crippen LogP contribution in [-0.2, 0) is 0 Å². The van der Waals surface area contributed by atoms with E-state index in [2.05, 4.69) is 10.4 Å². The van der Waals surface area contributed by atoms with Crippen molar-refractivity contribution < 1.29 is 0 Å². The maximum Gasteiger partial charge on any atom is 0.0609 e. The molecule has 0 aliphatic heterocycles. The van der Waals surface area contributed by atoms with Crippen LogP contribution in [0.4, 0.5) is 0 Å². The normalized spacial score (nSPS) is 11.4. The first kappa shape index (κ1) is 9.80. The molecule has 0 aromatic carbocycles. The molecule has 0 radical (unpaired) electrons. The van der Waals surface area contributed by atoms with Crippen LogP contribution in [0.2, 0.25) is 0 Å². The van der Waals surface area contributed by atoms with E-state index in [1.165, 1.54) is 0 Å². The van der Waals surface area contributed by atoms with E-state index < -0.39 is 0 Å². The van der Waals surface area contributed by atoms with Crippen LogP contribution < -0.4 is 17.1 Å². The largest absolute Gasteiger partial charge is 0.317 e. The molecule has 0 atom stereocenters. The van der Waals surface area contributed by atoms with Gasteiger partial charge in [0.15, 0.2) is 0 Å². The highest BCUT2D eigenvalue weighted by Crippen LogP contribution is 1.77. The zero-order valence-electron chi connectivity index (χ0n) is 6.67. The Morgan fingerprint density at radius 1 is 1.30 bits per heavy atom. The summed E-state index contributed by atoms with van der Waals surface area (Å²) in [5.74, 6) is 5.15. The van der Waals surface area contributed by atoms with Gasteiger partial charge in [-0.05, 0) is 14.1 Å². The highest BCUT2D eigenvalue weighted by atomic mass is 15.6. The fraction of sp³-hybridized carbons (Fsp3) is 1.00. The summed E-state index contributed by atoms with van der Waals surface area (Å²) in [7, 11) is 4.01. The lowest BCUT2D eigenvalue weighted by Crippen LogP contribution is -2.48. The first-order chi connectivity index (χ1) is 4.70. The summed E-state index contributed by atoms with van der Waals surface area (Å²) < 4.78 is 0. The summed E-state index contributed by atoms with van der Waals surface area (Å²) in [5, 5.41) is 1.74. The number of hydrogen-bond acceptors (Lipinski definition) is 5. The molecule has 5 N–H and O–H groups in total. The van der Waals surface area contributed by atoms with Crippen molar-refractivity contribution >= 4 is 0 Å². The van der Waals surface area contributed by atoms with E-state index in [0.717, 1.165) is 13.1 Å². The number of rotatable bonds is 5. The average molecular weight is 147 g/mol. The second-order valence-corrected chi connectivity index (χ2v) is 2.38. The lowest BCUT2D eigenvalue weighted by Gasteiger charge is -2.19. The first-order valence-electron chi connectivity index (χ1n) is 3.26. The molecule has 10 heavy (non-hydrogen) atoms. The molecule has 0 aromatic heterocycles. The molecule has 0 rings (SSSR count). The smallest absolute Gasteiger partial charge is 0.0609 e. The molecule has 62 valence electrons. The average Bonchev–Trinajstić information content (AvgIpc) is 1.90. The molecule has 0 aliphatic carbocycles. The lowest BCUT2D eigenvalue weighted by atomic mass is 10.6. The monoisotopic (exact) mass is 147 g/mol. The Morgan fingerprint density at radius 3 is 2.20 bits per heavy atom. The van der Waals surface area contributed by atoms with Gasteiger partial charge in [0.1, 0.15) is 0 Å². The van der Waals surface area contributed by atoms with Gasteiger partial charge in [-0.2, -0.15) is 5.53 Å². The van der Waals surface area contributed by atoms with Gasteiger partial charge in [-0.3, -0.25) is 5.84 Å². The Labute approximate surface area is 61.9 Å². The number of hydrazine groups is 2. The van der Waals surface area contributed by atoms with Crippen LogP contribution in [0.15, 0.2) is 0 Å². The van der Waals surface area contributed by atoms with Gasteiger partial charge >= 0.3 is 0 Å². The molecular formula is C5H17N5. The number of nitrogens with two attached hydrogens (primary N) is 2. The van der Waals surface area contributed by atoms with E-state index in [1.807, 2.05) is 14.1 Å². The molecule has 0 amide bonds. The quantitative estimate of drug-likeness (QED) is 0.242. The molecular weight excluding hydrogens is 130 g/mol. The van der Waals surface area contributed by atoms with Crippen LogP contribution in [0.25, 0.3) is 0 Å². The van der Waals surface area contributed by atoms with Crippen LogP contribution in [0.3, 0.4) is 0 Å². The predicted octanol–water partition coefficient (Wildman–Crippen LogP) is -1.86. The Hall–Kier alpha value is -0.200. The van der Waals surface area contributed by atoms with Crippen molar-refractivity contribution in [2.75, 3.05) is 33.9 Å². The topological polar surface area (TPSA) is 70.5 Å². The van der Waals surface area contributed by atoms with Crippen molar-refractivity contribution in [1.82, 2.24) is 15.4 Å². The van der Waals surface area contributed by atoms with Crippen molar-refractivity contribution in [1.29, 1.82) is 0 Å². The second-order valence-electron chi connectivity index (χ2n) is 2.38. The standard InChI is InChI=1S/C5H17N5/c1-9(2)3-4-10(5-6)8-7/h8H,3-7H2,1-2H3. The van der Waals surface area contributed by atoms with Crippen molar-refractivity contribution in [3.05, 3.63) is 0 Å². The Balaban J connectivity index is 3.26. The van der Waals surface area contributed by atoms with Crippen molar-refractivity contribution in [2.24, 2.45) is 11.6 Å². The number of hydrogen-bond donors (Lipinski definition) is 3.